The highest BCUT2D eigenvalue weighted by molar-refractivity contribution is 5.88. The van der Waals surface area contributed by atoms with Crippen molar-refractivity contribution in [3.8, 4) is 0 Å². The van der Waals surface area contributed by atoms with Crippen LogP contribution in [0.15, 0.2) is 24.3 Å². The highest BCUT2D eigenvalue weighted by Crippen LogP contribution is 2.24. The zero-order chi connectivity index (χ0) is 20.3. The fourth-order valence-electron chi connectivity index (χ4n) is 3.91. The first kappa shape index (κ1) is 20.6. The van der Waals surface area contributed by atoms with Crippen LogP contribution in [0.4, 0.5) is 5.69 Å². The maximum absolute atomic E-state index is 12.6. The van der Waals surface area contributed by atoms with Crippen LogP contribution < -0.4 is 10.6 Å². The first-order chi connectivity index (χ1) is 13.2. The summed E-state index contributed by atoms with van der Waals surface area (Å²) in [5.41, 5.74) is 2.63. The van der Waals surface area contributed by atoms with Gasteiger partial charge in [0.15, 0.2) is 0 Å². The van der Waals surface area contributed by atoms with Gasteiger partial charge < -0.3 is 20.4 Å². The molecule has 2 heterocycles. The van der Waals surface area contributed by atoms with Gasteiger partial charge in [-0.3, -0.25) is 9.59 Å². The SMILES string of the molecule is CN1CCNC(CC(=O)N2CCC(Nc3ccc(C(C)(C)C)cc3)CC2)C1=O. The highest BCUT2D eigenvalue weighted by atomic mass is 16.2. The third-order valence-electron chi connectivity index (χ3n) is 5.86. The Labute approximate surface area is 168 Å². The summed E-state index contributed by atoms with van der Waals surface area (Å²) in [6.07, 6.45) is 2.12. The maximum atomic E-state index is 12.6. The number of nitrogens with zero attached hydrogens (tertiary/aromatic N) is 2. The van der Waals surface area contributed by atoms with Gasteiger partial charge in [0.2, 0.25) is 11.8 Å². The topological polar surface area (TPSA) is 64.7 Å². The second-order valence-electron chi connectivity index (χ2n) is 9.10. The lowest BCUT2D eigenvalue weighted by Gasteiger charge is -2.35. The molecule has 0 radical (unpaired) electrons. The Morgan fingerprint density at radius 3 is 2.39 bits per heavy atom. The number of likely N-dealkylation sites (tertiary alicyclic amines) is 1. The summed E-state index contributed by atoms with van der Waals surface area (Å²) in [6.45, 7) is 9.60. The molecule has 2 aliphatic rings. The van der Waals surface area contributed by atoms with E-state index in [1.807, 2.05) is 4.90 Å². The van der Waals surface area contributed by atoms with Crippen LogP contribution in [0.5, 0.6) is 0 Å². The third-order valence-corrected chi connectivity index (χ3v) is 5.86. The first-order valence-corrected chi connectivity index (χ1v) is 10.4. The molecule has 2 aliphatic heterocycles. The molecule has 2 saturated heterocycles. The van der Waals surface area contributed by atoms with Crippen molar-refractivity contribution in [2.24, 2.45) is 0 Å². The normalized spacial score (nSPS) is 21.7. The van der Waals surface area contributed by atoms with Crippen LogP contribution in [0.3, 0.4) is 0 Å². The monoisotopic (exact) mass is 386 g/mol. The van der Waals surface area contributed by atoms with Crippen LogP contribution in [0.2, 0.25) is 0 Å². The average molecular weight is 387 g/mol. The zero-order valence-electron chi connectivity index (χ0n) is 17.6. The molecule has 2 fully saturated rings. The minimum atomic E-state index is -0.372. The number of amides is 2. The molecule has 6 nitrogen and oxygen atoms in total. The standard InChI is InChI=1S/C22H34N4O2/c1-22(2,3)16-5-7-17(8-6-16)24-18-9-12-26(13-10-18)20(27)15-19-21(28)25(4)14-11-23-19/h5-8,18-19,23-24H,9-15H2,1-4H3. The number of benzene rings is 1. The molecule has 28 heavy (non-hydrogen) atoms. The lowest BCUT2D eigenvalue weighted by molar-refractivity contribution is -0.140. The summed E-state index contributed by atoms with van der Waals surface area (Å²) in [7, 11) is 1.80. The van der Waals surface area contributed by atoms with Gasteiger partial charge in [-0.2, -0.15) is 0 Å². The molecule has 1 aromatic rings. The fourth-order valence-corrected chi connectivity index (χ4v) is 3.91. The minimum Gasteiger partial charge on any atom is -0.382 e. The van der Waals surface area contributed by atoms with Gasteiger partial charge in [-0.05, 0) is 36.0 Å². The van der Waals surface area contributed by atoms with Gasteiger partial charge in [-0.25, -0.2) is 0 Å². The van der Waals surface area contributed by atoms with Gasteiger partial charge in [0, 0.05) is 45.0 Å². The van der Waals surface area contributed by atoms with Crippen LogP contribution in [0.25, 0.3) is 0 Å². The van der Waals surface area contributed by atoms with Gasteiger partial charge in [0.05, 0.1) is 12.5 Å². The fraction of sp³-hybridized carbons (Fsp3) is 0.636. The predicted molar refractivity (Wildman–Crippen MR) is 112 cm³/mol. The molecule has 1 atom stereocenters. The second kappa shape index (κ2) is 8.52. The molecule has 2 amide bonds. The molecule has 2 N–H and O–H groups in total. The van der Waals surface area contributed by atoms with Crippen LogP contribution in [-0.2, 0) is 15.0 Å². The van der Waals surface area contributed by atoms with E-state index < -0.39 is 0 Å². The van der Waals surface area contributed by atoms with Crippen molar-refractivity contribution >= 4 is 17.5 Å². The van der Waals surface area contributed by atoms with E-state index in [-0.39, 0.29) is 29.7 Å². The number of piperazine rings is 1. The van der Waals surface area contributed by atoms with Crippen molar-refractivity contribution in [2.75, 3.05) is 38.5 Å². The number of nitrogens with one attached hydrogen (secondary N) is 2. The molecule has 0 spiro atoms. The molecule has 0 bridgehead atoms. The first-order valence-electron chi connectivity index (χ1n) is 10.4. The molecule has 1 aromatic carbocycles. The Hall–Kier alpha value is -2.08. The summed E-state index contributed by atoms with van der Waals surface area (Å²) in [5.74, 6) is 0.101. The van der Waals surface area contributed by atoms with E-state index in [0.29, 0.717) is 12.6 Å². The van der Waals surface area contributed by atoms with Gasteiger partial charge in [0.25, 0.3) is 0 Å². The van der Waals surface area contributed by atoms with Gasteiger partial charge in [-0.1, -0.05) is 32.9 Å². The van der Waals surface area contributed by atoms with Gasteiger partial charge in [-0.15, -0.1) is 0 Å². The van der Waals surface area contributed by atoms with E-state index in [2.05, 4.69) is 55.7 Å². The van der Waals surface area contributed by atoms with Crippen LogP contribution in [0, 0.1) is 0 Å². The largest absolute Gasteiger partial charge is 0.382 e. The Balaban J connectivity index is 1.46. The number of hydrogen-bond donors (Lipinski definition) is 2. The summed E-state index contributed by atoms with van der Waals surface area (Å²) >= 11 is 0. The lowest BCUT2D eigenvalue weighted by atomic mass is 9.87. The summed E-state index contributed by atoms with van der Waals surface area (Å²) in [5, 5.41) is 6.78. The van der Waals surface area contributed by atoms with E-state index >= 15 is 0 Å². The van der Waals surface area contributed by atoms with Crippen molar-refractivity contribution < 1.29 is 9.59 Å². The van der Waals surface area contributed by atoms with Crippen LogP contribution in [0.1, 0.15) is 45.6 Å². The number of hydrogen-bond acceptors (Lipinski definition) is 4. The number of anilines is 1. The Kier molecular flexibility index (Phi) is 6.28. The molecule has 6 heteroatoms. The number of carbonyl (C=O) groups is 2. The number of piperidine rings is 1. The Bertz CT molecular complexity index is 687. The quantitative estimate of drug-likeness (QED) is 0.833. The summed E-state index contributed by atoms with van der Waals surface area (Å²) in [6, 6.07) is 8.68. The van der Waals surface area contributed by atoms with E-state index in [1.54, 1.807) is 11.9 Å². The molecule has 0 aliphatic carbocycles. The number of carbonyl (C=O) groups excluding carboxylic acids is 2. The van der Waals surface area contributed by atoms with E-state index in [1.165, 1.54) is 5.56 Å². The highest BCUT2D eigenvalue weighted by Gasteiger charge is 2.31. The molecule has 0 aromatic heterocycles. The average Bonchev–Trinajstić information content (AvgIpc) is 2.66. The van der Waals surface area contributed by atoms with Crippen molar-refractivity contribution in [1.29, 1.82) is 0 Å². The van der Waals surface area contributed by atoms with Crippen LogP contribution in [-0.4, -0.2) is 66.9 Å². The third kappa shape index (κ3) is 5.04. The minimum absolute atomic E-state index is 0.0230. The van der Waals surface area contributed by atoms with Crippen molar-refractivity contribution in [1.82, 2.24) is 15.1 Å². The van der Waals surface area contributed by atoms with E-state index in [0.717, 1.165) is 38.2 Å². The molecular weight excluding hydrogens is 352 g/mol. The number of likely N-dealkylation sites (N-methyl/N-ethyl adjacent to an activating group) is 1. The molecule has 1 unspecified atom stereocenters. The van der Waals surface area contributed by atoms with Gasteiger partial charge in [0.1, 0.15) is 0 Å². The smallest absolute Gasteiger partial charge is 0.240 e. The van der Waals surface area contributed by atoms with Crippen LogP contribution >= 0.6 is 0 Å². The summed E-state index contributed by atoms with van der Waals surface area (Å²) < 4.78 is 0. The second-order valence-corrected chi connectivity index (χ2v) is 9.10. The zero-order valence-corrected chi connectivity index (χ0v) is 17.6. The van der Waals surface area contributed by atoms with E-state index in [4.69, 9.17) is 0 Å². The predicted octanol–water partition coefficient (Wildman–Crippen LogP) is 2.21. The van der Waals surface area contributed by atoms with Gasteiger partial charge >= 0.3 is 0 Å². The molecular formula is C22H34N4O2. The molecule has 0 saturated carbocycles. The Morgan fingerprint density at radius 1 is 1.14 bits per heavy atom. The lowest BCUT2D eigenvalue weighted by Crippen LogP contribution is -2.55. The summed E-state index contributed by atoms with van der Waals surface area (Å²) in [4.78, 5) is 28.4. The Morgan fingerprint density at radius 2 is 1.79 bits per heavy atom. The molecule has 3 rings (SSSR count). The van der Waals surface area contributed by atoms with Crippen molar-refractivity contribution in [3.63, 3.8) is 0 Å². The molecule has 154 valence electrons. The van der Waals surface area contributed by atoms with Crippen molar-refractivity contribution in [3.05, 3.63) is 29.8 Å². The maximum Gasteiger partial charge on any atom is 0.240 e. The van der Waals surface area contributed by atoms with Crippen molar-refractivity contribution in [2.45, 2.75) is 57.5 Å². The number of rotatable bonds is 4. The van der Waals surface area contributed by atoms with E-state index in [9.17, 15) is 9.59 Å².